The van der Waals surface area contributed by atoms with Crippen molar-refractivity contribution in [2.75, 3.05) is 5.32 Å². The van der Waals surface area contributed by atoms with Crippen LogP contribution in [0.2, 0.25) is 0 Å². The molecular weight excluding hydrogens is 236 g/mol. The van der Waals surface area contributed by atoms with Gasteiger partial charge in [-0.05, 0) is 5.41 Å². The lowest BCUT2D eigenvalue weighted by molar-refractivity contribution is -0.141. The second-order valence-corrected chi connectivity index (χ2v) is 5.14. The SMILES string of the molecule is Cn1cc(NC(=O)N[C@H](C(=O)O)C(C)(C)C)cn1. The van der Waals surface area contributed by atoms with Crippen LogP contribution in [0.1, 0.15) is 20.8 Å². The fraction of sp³-hybridized carbons (Fsp3) is 0.545. The Hall–Kier alpha value is -2.05. The Bertz CT molecular complexity index is 447. The molecule has 100 valence electrons. The lowest BCUT2D eigenvalue weighted by Crippen LogP contribution is -2.50. The Balaban J connectivity index is 2.65. The molecule has 0 radical (unpaired) electrons. The fourth-order valence-electron chi connectivity index (χ4n) is 1.43. The van der Waals surface area contributed by atoms with Gasteiger partial charge in [-0.25, -0.2) is 9.59 Å². The number of nitrogens with one attached hydrogen (secondary N) is 2. The van der Waals surface area contributed by atoms with Gasteiger partial charge in [-0.3, -0.25) is 4.68 Å². The number of carbonyl (C=O) groups excluding carboxylic acids is 1. The van der Waals surface area contributed by atoms with E-state index in [0.29, 0.717) is 5.69 Å². The van der Waals surface area contributed by atoms with E-state index in [4.69, 9.17) is 5.11 Å². The van der Waals surface area contributed by atoms with E-state index in [0.717, 1.165) is 0 Å². The largest absolute Gasteiger partial charge is 0.480 e. The highest BCUT2D eigenvalue weighted by atomic mass is 16.4. The molecule has 18 heavy (non-hydrogen) atoms. The van der Waals surface area contributed by atoms with Crippen LogP contribution in [0, 0.1) is 5.41 Å². The Morgan fingerprint density at radius 1 is 1.44 bits per heavy atom. The van der Waals surface area contributed by atoms with E-state index in [1.807, 2.05) is 0 Å². The van der Waals surface area contributed by atoms with Gasteiger partial charge in [-0.15, -0.1) is 0 Å². The highest BCUT2D eigenvalue weighted by Gasteiger charge is 2.32. The van der Waals surface area contributed by atoms with Crippen LogP contribution in [0.5, 0.6) is 0 Å². The second-order valence-electron chi connectivity index (χ2n) is 5.14. The zero-order valence-corrected chi connectivity index (χ0v) is 10.9. The molecule has 3 N–H and O–H groups in total. The van der Waals surface area contributed by atoms with Crippen LogP contribution in [-0.4, -0.2) is 32.9 Å². The molecule has 0 aromatic carbocycles. The van der Waals surface area contributed by atoms with Crippen LogP contribution in [0.3, 0.4) is 0 Å². The summed E-state index contributed by atoms with van der Waals surface area (Å²) >= 11 is 0. The van der Waals surface area contributed by atoms with Crippen molar-refractivity contribution in [2.24, 2.45) is 12.5 Å². The molecule has 1 atom stereocenters. The van der Waals surface area contributed by atoms with Crippen LogP contribution in [0.15, 0.2) is 12.4 Å². The standard InChI is InChI=1S/C11H18N4O3/c1-11(2,3)8(9(16)17)14-10(18)13-7-5-12-15(4)6-7/h5-6,8H,1-4H3,(H,16,17)(H2,13,14,18)/t8-/m1/s1. The third kappa shape index (κ3) is 3.76. The van der Waals surface area contributed by atoms with E-state index in [1.165, 1.54) is 10.9 Å². The molecule has 0 aliphatic rings. The number of aliphatic carboxylic acids is 1. The summed E-state index contributed by atoms with van der Waals surface area (Å²) in [5, 5.41) is 17.9. The number of amides is 2. The first kappa shape index (κ1) is 14.0. The fourth-order valence-corrected chi connectivity index (χ4v) is 1.43. The summed E-state index contributed by atoms with van der Waals surface area (Å²) in [6.45, 7) is 5.24. The van der Waals surface area contributed by atoms with Crippen molar-refractivity contribution in [2.45, 2.75) is 26.8 Å². The molecule has 0 bridgehead atoms. The Morgan fingerprint density at radius 2 is 2.06 bits per heavy atom. The Morgan fingerprint density at radius 3 is 2.44 bits per heavy atom. The van der Waals surface area contributed by atoms with E-state index in [9.17, 15) is 9.59 Å². The molecule has 7 nitrogen and oxygen atoms in total. The van der Waals surface area contributed by atoms with Crippen LogP contribution in [0.25, 0.3) is 0 Å². The maximum Gasteiger partial charge on any atom is 0.326 e. The van der Waals surface area contributed by atoms with E-state index >= 15 is 0 Å². The number of aryl methyl sites for hydroxylation is 1. The average Bonchev–Trinajstić information content (AvgIpc) is 2.58. The molecule has 1 aromatic heterocycles. The van der Waals surface area contributed by atoms with Crippen LogP contribution >= 0.6 is 0 Å². The molecule has 0 saturated carbocycles. The summed E-state index contributed by atoms with van der Waals surface area (Å²) in [4.78, 5) is 22.7. The third-order valence-corrected chi connectivity index (χ3v) is 2.35. The first-order valence-corrected chi connectivity index (χ1v) is 5.49. The molecular formula is C11H18N4O3. The molecule has 2 amide bonds. The number of hydrogen-bond acceptors (Lipinski definition) is 3. The molecule has 0 fully saturated rings. The van der Waals surface area contributed by atoms with Gasteiger partial charge in [0.1, 0.15) is 6.04 Å². The maximum absolute atomic E-state index is 11.7. The average molecular weight is 254 g/mol. The Kier molecular flexibility index (Phi) is 3.95. The Labute approximate surface area is 105 Å². The van der Waals surface area contributed by atoms with Gasteiger partial charge >= 0.3 is 12.0 Å². The summed E-state index contributed by atoms with van der Waals surface area (Å²) in [5.41, 5.74) is -0.0639. The van der Waals surface area contributed by atoms with Crippen LogP contribution in [-0.2, 0) is 11.8 Å². The minimum Gasteiger partial charge on any atom is -0.480 e. The molecule has 0 spiro atoms. The summed E-state index contributed by atoms with van der Waals surface area (Å²) in [5.74, 6) is -1.07. The quantitative estimate of drug-likeness (QED) is 0.751. The molecule has 1 aromatic rings. The van der Waals surface area contributed by atoms with Crippen molar-refractivity contribution in [1.82, 2.24) is 15.1 Å². The van der Waals surface area contributed by atoms with Gasteiger partial charge in [0.15, 0.2) is 0 Å². The predicted molar refractivity (Wildman–Crippen MR) is 66.2 cm³/mol. The molecule has 0 unspecified atom stereocenters. The van der Waals surface area contributed by atoms with Gasteiger partial charge in [-0.1, -0.05) is 20.8 Å². The minimum absolute atomic E-state index is 0.507. The van der Waals surface area contributed by atoms with E-state index < -0.39 is 23.5 Å². The van der Waals surface area contributed by atoms with Gasteiger partial charge in [0.2, 0.25) is 0 Å². The zero-order valence-electron chi connectivity index (χ0n) is 10.9. The summed E-state index contributed by atoms with van der Waals surface area (Å²) in [6, 6.07) is -1.53. The molecule has 0 aliphatic carbocycles. The first-order valence-electron chi connectivity index (χ1n) is 5.49. The van der Waals surface area contributed by atoms with E-state index in [-0.39, 0.29) is 0 Å². The normalized spacial score (nSPS) is 12.9. The van der Waals surface area contributed by atoms with Crippen molar-refractivity contribution in [3.63, 3.8) is 0 Å². The predicted octanol–water partition coefficient (Wildman–Crippen LogP) is 1.04. The minimum atomic E-state index is -1.07. The van der Waals surface area contributed by atoms with Gasteiger partial charge < -0.3 is 15.7 Å². The van der Waals surface area contributed by atoms with E-state index in [1.54, 1.807) is 34.0 Å². The van der Waals surface area contributed by atoms with Gasteiger partial charge in [0.05, 0.1) is 11.9 Å². The second kappa shape index (κ2) is 5.07. The molecule has 0 saturated heterocycles. The molecule has 1 heterocycles. The topological polar surface area (TPSA) is 96.2 Å². The highest BCUT2D eigenvalue weighted by Crippen LogP contribution is 2.19. The number of urea groups is 1. The van der Waals surface area contributed by atoms with Gasteiger partial charge in [-0.2, -0.15) is 5.10 Å². The first-order chi connectivity index (χ1) is 8.20. The number of carboxylic acid groups (broad SMARTS) is 1. The van der Waals surface area contributed by atoms with Crippen molar-refractivity contribution in [3.05, 3.63) is 12.4 Å². The van der Waals surface area contributed by atoms with Gasteiger partial charge in [0.25, 0.3) is 0 Å². The number of carbonyl (C=O) groups is 2. The van der Waals surface area contributed by atoms with Crippen LogP contribution < -0.4 is 10.6 Å². The number of anilines is 1. The molecule has 7 heteroatoms. The third-order valence-electron chi connectivity index (χ3n) is 2.35. The summed E-state index contributed by atoms with van der Waals surface area (Å²) < 4.78 is 1.54. The van der Waals surface area contributed by atoms with E-state index in [2.05, 4.69) is 15.7 Å². The number of hydrogen-bond donors (Lipinski definition) is 3. The lowest BCUT2D eigenvalue weighted by atomic mass is 9.87. The molecule has 1 rings (SSSR count). The van der Waals surface area contributed by atoms with Crippen molar-refractivity contribution in [1.29, 1.82) is 0 Å². The maximum atomic E-state index is 11.7. The number of aromatic nitrogens is 2. The van der Waals surface area contributed by atoms with Crippen LogP contribution in [0.4, 0.5) is 10.5 Å². The summed E-state index contributed by atoms with van der Waals surface area (Å²) in [7, 11) is 1.72. The smallest absolute Gasteiger partial charge is 0.326 e. The van der Waals surface area contributed by atoms with Crippen molar-refractivity contribution < 1.29 is 14.7 Å². The number of nitrogens with zero attached hydrogens (tertiary/aromatic N) is 2. The monoisotopic (exact) mass is 254 g/mol. The zero-order chi connectivity index (χ0) is 13.9. The van der Waals surface area contributed by atoms with Crippen molar-refractivity contribution in [3.8, 4) is 0 Å². The number of carboxylic acids is 1. The lowest BCUT2D eigenvalue weighted by Gasteiger charge is -2.27. The summed E-state index contributed by atoms with van der Waals surface area (Å²) in [6.07, 6.45) is 3.10. The number of rotatable bonds is 3. The molecule has 0 aliphatic heterocycles. The highest BCUT2D eigenvalue weighted by molar-refractivity contribution is 5.92. The van der Waals surface area contributed by atoms with Crippen molar-refractivity contribution >= 4 is 17.7 Å². The van der Waals surface area contributed by atoms with Gasteiger partial charge in [0, 0.05) is 13.2 Å².